The second kappa shape index (κ2) is 9.37. The van der Waals surface area contributed by atoms with E-state index in [0.717, 1.165) is 18.4 Å². The summed E-state index contributed by atoms with van der Waals surface area (Å²) in [6, 6.07) is 11.0. The molecule has 0 radical (unpaired) electrons. The van der Waals surface area contributed by atoms with E-state index in [1.165, 1.54) is 0 Å². The topological polar surface area (TPSA) is 116 Å². The van der Waals surface area contributed by atoms with Crippen LogP contribution < -0.4 is 10.1 Å². The zero-order valence-electron chi connectivity index (χ0n) is 18.0. The Bertz CT molecular complexity index is 1060. The Labute approximate surface area is 186 Å². The van der Waals surface area contributed by atoms with Crippen molar-refractivity contribution in [1.82, 2.24) is 9.88 Å². The Morgan fingerprint density at radius 3 is 2.78 bits per heavy atom. The van der Waals surface area contributed by atoms with Crippen molar-refractivity contribution in [3.05, 3.63) is 42.1 Å². The zero-order valence-corrected chi connectivity index (χ0v) is 18.0. The molecule has 1 saturated carbocycles. The standard InChI is InChI=1S/C24H26N4O4/c1-15-10-20(7-9-28(15)23(30)14-29)32-22-5-4-17(11-18(22)13-25)21-12-19(6-8-26-21)27-24(31)16-2-3-16/h4-6,8,11-12,15-16,20,29H,2-3,7,9-10,14H2,1H3,(H,26,27,31)/t15-,20-/m0/s1. The van der Waals surface area contributed by atoms with Gasteiger partial charge in [-0.1, -0.05) is 0 Å². The molecule has 0 bridgehead atoms. The summed E-state index contributed by atoms with van der Waals surface area (Å²) < 4.78 is 6.11. The lowest BCUT2D eigenvalue weighted by atomic mass is 10.00. The van der Waals surface area contributed by atoms with Crippen LogP contribution in [0.3, 0.4) is 0 Å². The maximum absolute atomic E-state index is 12.0. The van der Waals surface area contributed by atoms with Gasteiger partial charge in [-0.3, -0.25) is 14.6 Å². The number of aliphatic hydroxyl groups is 1. The fourth-order valence-electron chi connectivity index (χ4n) is 4.01. The summed E-state index contributed by atoms with van der Waals surface area (Å²) in [6.07, 6.45) is 4.65. The Morgan fingerprint density at radius 2 is 2.09 bits per heavy atom. The third-order valence-electron chi connectivity index (χ3n) is 5.95. The van der Waals surface area contributed by atoms with Crippen LogP contribution in [0.4, 0.5) is 5.69 Å². The maximum atomic E-state index is 12.0. The molecule has 2 amide bonds. The summed E-state index contributed by atoms with van der Waals surface area (Å²) >= 11 is 0. The van der Waals surface area contributed by atoms with Gasteiger partial charge >= 0.3 is 0 Å². The van der Waals surface area contributed by atoms with Crippen LogP contribution in [0.5, 0.6) is 5.75 Å². The van der Waals surface area contributed by atoms with Crippen LogP contribution in [0, 0.1) is 17.2 Å². The van der Waals surface area contributed by atoms with Gasteiger partial charge in [0.1, 0.15) is 24.5 Å². The first-order valence-corrected chi connectivity index (χ1v) is 10.9. The number of carbonyl (C=O) groups excluding carboxylic acids is 2. The molecule has 2 atom stereocenters. The molecule has 8 heteroatoms. The van der Waals surface area contributed by atoms with Crippen LogP contribution in [0.25, 0.3) is 11.3 Å². The molecule has 4 rings (SSSR count). The second-order valence-electron chi connectivity index (χ2n) is 8.37. The van der Waals surface area contributed by atoms with Gasteiger partial charge in [0.15, 0.2) is 0 Å². The van der Waals surface area contributed by atoms with E-state index in [1.807, 2.05) is 13.0 Å². The van der Waals surface area contributed by atoms with E-state index in [1.54, 1.807) is 35.4 Å². The van der Waals surface area contributed by atoms with Gasteiger partial charge in [-0.15, -0.1) is 0 Å². The summed E-state index contributed by atoms with van der Waals surface area (Å²) in [4.78, 5) is 29.9. The number of hydrogen-bond donors (Lipinski definition) is 2. The number of piperidine rings is 1. The van der Waals surface area contributed by atoms with E-state index in [9.17, 15) is 14.9 Å². The van der Waals surface area contributed by atoms with Crippen molar-refractivity contribution in [2.75, 3.05) is 18.5 Å². The third-order valence-corrected chi connectivity index (χ3v) is 5.95. The molecule has 1 aromatic heterocycles. The average molecular weight is 434 g/mol. The molecule has 2 aromatic rings. The number of carbonyl (C=O) groups is 2. The number of aromatic nitrogens is 1. The lowest BCUT2D eigenvalue weighted by Crippen LogP contribution is -2.48. The Kier molecular flexibility index (Phi) is 6.37. The lowest BCUT2D eigenvalue weighted by molar-refractivity contribution is -0.138. The summed E-state index contributed by atoms with van der Waals surface area (Å²) in [7, 11) is 0. The molecule has 1 aliphatic heterocycles. The predicted octanol–water partition coefficient (Wildman–Crippen LogP) is 2.72. The number of pyridine rings is 1. The Morgan fingerprint density at radius 1 is 1.28 bits per heavy atom. The highest BCUT2D eigenvalue weighted by atomic mass is 16.5. The second-order valence-corrected chi connectivity index (χ2v) is 8.37. The number of benzene rings is 1. The number of amides is 2. The molecule has 1 aliphatic carbocycles. The summed E-state index contributed by atoms with van der Waals surface area (Å²) in [5.74, 6) is 0.365. The smallest absolute Gasteiger partial charge is 0.248 e. The number of likely N-dealkylation sites (tertiary alicyclic amines) is 1. The molecule has 1 saturated heterocycles. The molecule has 1 aromatic carbocycles. The number of nitrogens with one attached hydrogen (secondary N) is 1. The number of ether oxygens (including phenoxy) is 1. The number of aliphatic hydroxyl groups excluding tert-OH is 1. The zero-order chi connectivity index (χ0) is 22.7. The number of nitriles is 1. The van der Waals surface area contributed by atoms with Crippen LogP contribution in [-0.4, -0.2) is 52.1 Å². The molecule has 2 heterocycles. The van der Waals surface area contributed by atoms with E-state index in [4.69, 9.17) is 9.84 Å². The minimum Gasteiger partial charge on any atom is -0.489 e. The highest BCUT2D eigenvalue weighted by Gasteiger charge is 2.30. The Hall–Kier alpha value is -3.44. The van der Waals surface area contributed by atoms with Gasteiger partial charge in [-0.05, 0) is 50.1 Å². The lowest BCUT2D eigenvalue weighted by Gasteiger charge is -2.37. The highest BCUT2D eigenvalue weighted by Crippen LogP contribution is 2.32. The maximum Gasteiger partial charge on any atom is 0.248 e. The molecule has 8 nitrogen and oxygen atoms in total. The molecular formula is C24H26N4O4. The molecule has 2 aliphatic rings. The van der Waals surface area contributed by atoms with Gasteiger partial charge in [-0.25, -0.2) is 0 Å². The molecular weight excluding hydrogens is 408 g/mol. The van der Waals surface area contributed by atoms with Gasteiger partial charge in [0.25, 0.3) is 0 Å². The molecule has 0 unspecified atom stereocenters. The quantitative estimate of drug-likeness (QED) is 0.722. The predicted molar refractivity (Wildman–Crippen MR) is 118 cm³/mol. The minimum absolute atomic E-state index is 0.0320. The summed E-state index contributed by atoms with van der Waals surface area (Å²) in [6.45, 7) is 1.95. The summed E-state index contributed by atoms with van der Waals surface area (Å²) in [5.41, 5.74) is 2.50. The molecule has 2 N–H and O–H groups in total. The highest BCUT2D eigenvalue weighted by molar-refractivity contribution is 5.94. The molecule has 32 heavy (non-hydrogen) atoms. The first-order valence-electron chi connectivity index (χ1n) is 10.9. The van der Waals surface area contributed by atoms with Crippen molar-refractivity contribution in [1.29, 1.82) is 5.26 Å². The van der Waals surface area contributed by atoms with Crippen molar-refractivity contribution in [2.45, 2.75) is 44.8 Å². The molecule has 166 valence electrons. The minimum atomic E-state index is -0.491. The van der Waals surface area contributed by atoms with Gasteiger partial charge < -0.3 is 20.1 Å². The number of hydrogen-bond acceptors (Lipinski definition) is 6. The number of anilines is 1. The van der Waals surface area contributed by atoms with Crippen molar-refractivity contribution in [3.8, 4) is 23.1 Å². The van der Waals surface area contributed by atoms with Gasteiger partial charge in [0.05, 0.1) is 11.3 Å². The fourth-order valence-corrected chi connectivity index (χ4v) is 4.01. The largest absolute Gasteiger partial charge is 0.489 e. The summed E-state index contributed by atoms with van der Waals surface area (Å²) in [5, 5.41) is 21.7. The monoisotopic (exact) mass is 434 g/mol. The molecule has 2 fully saturated rings. The van der Waals surface area contributed by atoms with Gasteiger partial charge in [0.2, 0.25) is 11.8 Å². The average Bonchev–Trinajstić information content (AvgIpc) is 3.65. The van der Waals surface area contributed by atoms with Crippen molar-refractivity contribution in [3.63, 3.8) is 0 Å². The van der Waals surface area contributed by atoms with E-state index in [2.05, 4.69) is 16.4 Å². The van der Waals surface area contributed by atoms with Crippen LogP contribution in [0.2, 0.25) is 0 Å². The third kappa shape index (κ3) is 4.89. The first-order chi connectivity index (χ1) is 15.5. The van der Waals surface area contributed by atoms with Crippen molar-refractivity contribution >= 4 is 17.5 Å². The Balaban J connectivity index is 1.46. The van der Waals surface area contributed by atoms with E-state index >= 15 is 0 Å². The van der Waals surface area contributed by atoms with E-state index < -0.39 is 6.61 Å². The number of nitrogens with zero attached hydrogens (tertiary/aromatic N) is 3. The van der Waals surface area contributed by atoms with Crippen molar-refractivity contribution in [2.24, 2.45) is 5.92 Å². The number of rotatable bonds is 6. The first kappa shape index (κ1) is 21.8. The van der Waals surface area contributed by atoms with E-state index in [-0.39, 0.29) is 29.9 Å². The fraction of sp³-hybridized carbons (Fsp3) is 0.417. The van der Waals surface area contributed by atoms with Gasteiger partial charge in [-0.2, -0.15) is 5.26 Å². The van der Waals surface area contributed by atoms with Crippen LogP contribution in [0.15, 0.2) is 36.5 Å². The normalized spacial score (nSPS) is 20.3. The van der Waals surface area contributed by atoms with Crippen LogP contribution in [-0.2, 0) is 9.59 Å². The van der Waals surface area contributed by atoms with Crippen LogP contribution in [0.1, 0.15) is 38.2 Å². The van der Waals surface area contributed by atoms with E-state index in [0.29, 0.717) is 42.1 Å². The van der Waals surface area contributed by atoms with Gasteiger partial charge in [0, 0.05) is 48.8 Å². The van der Waals surface area contributed by atoms with Crippen molar-refractivity contribution < 1.29 is 19.4 Å². The van der Waals surface area contributed by atoms with Crippen LogP contribution >= 0.6 is 0 Å². The molecule has 0 spiro atoms. The SMILES string of the molecule is C[C@H]1C[C@@H](Oc2ccc(-c3cc(NC(=O)C4CC4)ccn3)cc2C#N)CCN1C(=O)CO.